The second-order valence-corrected chi connectivity index (χ2v) is 8.94. The molecule has 0 radical (unpaired) electrons. The number of rotatable bonds is 7. The molecular weight excluding hydrogens is 420 g/mol. The Kier molecular flexibility index (Phi) is 6.33. The van der Waals surface area contributed by atoms with Crippen LogP contribution in [0.2, 0.25) is 0 Å². The molecule has 146 valence electrons. The maximum absolute atomic E-state index is 12.8. The average Bonchev–Trinajstić information content (AvgIpc) is 3.40. The number of carbonyl (C=O) groups excluding carboxylic acids is 1. The van der Waals surface area contributed by atoms with Crippen LogP contribution < -0.4 is 5.32 Å². The molecule has 0 aliphatic carbocycles. The van der Waals surface area contributed by atoms with Gasteiger partial charge in [0.05, 0.1) is 16.8 Å². The second-order valence-electron chi connectivity index (χ2n) is 6.17. The molecule has 0 aliphatic rings. The SMILES string of the molecule is Cn1ccnc1Sc1ccc(NC(=O)c2ccccc2SCc2cscn2)cc1. The van der Waals surface area contributed by atoms with E-state index in [1.54, 1.807) is 41.1 Å². The molecule has 2 aromatic heterocycles. The molecule has 5 nitrogen and oxygen atoms in total. The lowest BCUT2D eigenvalue weighted by atomic mass is 10.2. The molecule has 0 unspecified atom stereocenters. The Labute approximate surface area is 181 Å². The van der Waals surface area contributed by atoms with Crippen molar-refractivity contribution in [1.29, 1.82) is 0 Å². The minimum atomic E-state index is -0.115. The Bertz CT molecular complexity index is 1090. The van der Waals surface area contributed by atoms with Crippen molar-refractivity contribution in [3.05, 3.63) is 83.1 Å². The number of imidazole rings is 1. The summed E-state index contributed by atoms with van der Waals surface area (Å²) in [5, 5.41) is 5.95. The van der Waals surface area contributed by atoms with Gasteiger partial charge < -0.3 is 9.88 Å². The lowest BCUT2D eigenvalue weighted by molar-refractivity contribution is 0.102. The molecule has 4 rings (SSSR count). The van der Waals surface area contributed by atoms with E-state index in [2.05, 4.69) is 15.3 Å². The van der Waals surface area contributed by atoms with Gasteiger partial charge in [0.1, 0.15) is 0 Å². The number of anilines is 1. The fourth-order valence-corrected chi connectivity index (χ4v) is 5.02. The maximum Gasteiger partial charge on any atom is 0.256 e. The first-order valence-electron chi connectivity index (χ1n) is 8.84. The summed E-state index contributed by atoms with van der Waals surface area (Å²) in [6, 6.07) is 15.4. The van der Waals surface area contributed by atoms with Crippen molar-refractivity contribution in [2.75, 3.05) is 5.32 Å². The van der Waals surface area contributed by atoms with E-state index in [0.29, 0.717) is 5.56 Å². The first-order chi connectivity index (χ1) is 14.2. The van der Waals surface area contributed by atoms with Crippen LogP contribution in [-0.4, -0.2) is 20.4 Å². The molecule has 2 aromatic carbocycles. The highest BCUT2D eigenvalue weighted by Gasteiger charge is 2.12. The molecule has 0 spiro atoms. The van der Waals surface area contributed by atoms with Gasteiger partial charge in [0.25, 0.3) is 5.91 Å². The monoisotopic (exact) mass is 438 g/mol. The molecule has 0 fully saturated rings. The Morgan fingerprint density at radius 3 is 2.69 bits per heavy atom. The number of aromatic nitrogens is 3. The molecule has 0 bridgehead atoms. The number of aryl methyl sites for hydroxylation is 1. The maximum atomic E-state index is 12.8. The average molecular weight is 439 g/mol. The van der Waals surface area contributed by atoms with Crippen LogP contribution in [0, 0.1) is 0 Å². The van der Waals surface area contributed by atoms with Crippen molar-refractivity contribution in [3.63, 3.8) is 0 Å². The van der Waals surface area contributed by atoms with Gasteiger partial charge in [0.2, 0.25) is 0 Å². The summed E-state index contributed by atoms with van der Waals surface area (Å²) < 4.78 is 1.97. The topological polar surface area (TPSA) is 59.8 Å². The number of benzene rings is 2. The van der Waals surface area contributed by atoms with Gasteiger partial charge in [-0.25, -0.2) is 9.97 Å². The molecule has 0 atom stereocenters. The fourth-order valence-electron chi connectivity index (χ4n) is 2.60. The summed E-state index contributed by atoms with van der Waals surface area (Å²) >= 11 is 4.78. The summed E-state index contributed by atoms with van der Waals surface area (Å²) in [6.07, 6.45) is 3.70. The Balaban J connectivity index is 1.42. The first-order valence-corrected chi connectivity index (χ1v) is 11.6. The first kappa shape index (κ1) is 19.8. The zero-order chi connectivity index (χ0) is 20.1. The van der Waals surface area contributed by atoms with Gasteiger partial charge in [-0.15, -0.1) is 23.1 Å². The number of hydrogen-bond donors (Lipinski definition) is 1. The van der Waals surface area contributed by atoms with E-state index in [1.165, 1.54) is 0 Å². The second kappa shape index (κ2) is 9.30. The van der Waals surface area contributed by atoms with Crippen molar-refractivity contribution in [3.8, 4) is 0 Å². The highest BCUT2D eigenvalue weighted by molar-refractivity contribution is 7.99. The number of nitrogens with one attached hydrogen (secondary N) is 1. The van der Waals surface area contributed by atoms with E-state index in [1.807, 2.05) is 77.2 Å². The van der Waals surface area contributed by atoms with Crippen LogP contribution in [0.5, 0.6) is 0 Å². The van der Waals surface area contributed by atoms with Gasteiger partial charge in [0.15, 0.2) is 5.16 Å². The highest BCUT2D eigenvalue weighted by atomic mass is 32.2. The fraction of sp³-hybridized carbons (Fsp3) is 0.0952. The van der Waals surface area contributed by atoms with Gasteiger partial charge in [0, 0.05) is 46.1 Å². The third-order valence-corrected chi connectivity index (χ3v) is 6.92. The number of carbonyl (C=O) groups is 1. The summed E-state index contributed by atoms with van der Waals surface area (Å²) in [5.74, 6) is 0.628. The van der Waals surface area contributed by atoms with E-state index in [4.69, 9.17) is 0 Å². The molecule has 29 heavy (non-hydrogen) atoms. The van der Waals surface area contributed by atoms with Gasteiger partial charge in [-0.1, -0.05) is 23.9 Å². The van der Waals surface area contributed by atoms with Crippen molar-refractivity contribution in [2.24, 2.45) is 7.05 Å². The third-order valence-electron chi connectivity index (χ3n) is 4.09. The van der Waals surface area contributed by atoms with Crippen LogP contribution in [0.15, 0.2) is 86.8 Å². The largest absolute Gasteiger partial charge is 0.329 e. The number of hydrogen-bond acceptors (Lipinski definition) is 6. The zero-order valence-electron chi connectivity index (χ0n) is 15.6. The van der Waals surface area contributed by atoms with Crippen LogP contribution in [-0.2, 0) is 12.8 Å². The molecule has 0 saturated heterocycles. The van der Waals surface area contributed by atoms with Crippen molar-refractivity contribution in [2.45, 2.75) is 20.7 Å². The minimum Gasteiger partial charge on any atom is -0.329 e. The summed E-state index contributed by atoms with van der Waals surface area (Å²) in [7, 11) is 1.97. The van der Waals surface area contributed by atoms with E-state index in [0.717, 1.165) is 32.1 Å². The number of amides is 1. The van der Waals surface area contributed by atoms with Crippen LogP contribution in [0.4, 0.5) is 5.69 Å². The summed E-state index contributed by atoms with van der Waals surface area (Å²) in [4.78, 5) is 23.5. The van der Waals surface area contributed by atoms with Crippen LogP contribution in [0.3, 0.4) is 0 Å². The Morgan fingerprint density at radius 1 is 1.14 bits per heavy atom. The predicted octanol–water partition coefficient (Wildman–Crippen LogP) is 5.57. The molecule has 1 amide bonds. The highest BCUT2D eigenvalue weighted by Crippen LogP contribution is 2.29. The summed E-state index contributed by atoms with van der Waals surface area (Å²) in [6.45, 7) is 0. The standard InChI is InChI=1S/C21H18N4OS3/c1-25-11-10-22-21(25)29-17-8-6-15(7-9-17)24-20(26)18-4-2-3-5-19(18)28-13-16-12-27-14-23-16/h2-12,14H,13H2,1H3,(H,24,26). The van der Waals surface area contributed by atoms with E-state index in [-0.39, 0.29) is 5.91 Å². The van der Waals surface area contributed by atoms with E-state index < -0.39 is 0 Å². The van der Waals surface area contributed by atoms with Crippen LogP contribution >= 0.6 is 34.9 Å². The Morgan fingerprint density at radius 2 is 1.97 bits per heavy atom. The molecule has 1 N–H and O–H groups in total. The van der Waals surface area contributed by atoms with Crippen molar-refractivity contribution < 1.29 is 4.79 Å². The summed E-state index contributed by atoms with van der Waals surface area (Å²) in [5.41, 5.74) is 4.28. The Hall–Kier alpha value is -2.55. The quantitative estimate of drug-likeness (QED) is 0.382. The number of thiazole rings is 1. The number of thioether (sulfide) groups is 1. The molecule has 0 saturated carbocycles. The van der Waals surface area contributed by atoms with Crippen molar-refractivity contribution >= 4 is 46.5 Å². The third kappa shape index (κ3) is 5.09. The van der Waals surface area contributed by atoms with Gasteiger partial charge >= 0.3 is 0 Å². The molecule has 0 aliphatic heterocycles. The van der Waals surface area contributed by atoms with Gasteiger partial charge in [-0.2, -0.15) is 0 Å². The lowest BCUT2D eigenvalue weighted by Crippen LogP contribution is -2.12. The van der Waals surface area contributed by atoms with Crippen LogP contribution in [0.25, 0.3) is 0 Å². The predicted molar refractivity (Wildman–Crippen MR) is 120 cm³/mol. The zero-order valence-corrected chi connectivity index (χ0v) is 18.1. The van der Waals surface area contributed by atoms with Gasteiger partial charge in [-0.3, -0.25) is 4.79 Å². The van der Waals surface area contributed by atoms with E-state index >= 15 is 0 Å². The van der Waals surface area contributed by atoms with Gasteiger partial charge in [-0.05, 0) is 36.4 Å². The molecule has 4 aromatic rings. The minimum absolute atomic E-state index is 0.115. The van der Waals surface area contributed by atoms with E-state index in [9.17, 15) is 4.79 Å². The molecule has 2 heterocycles. The van der Waals surface area contributed by atoms with Crippen molar-refractivity contribution in [1.82, 2.24) is 14.5 Å². The van der Waals surface area contributed by atoms with Crippen LogP contribution in [0.1, 0.15) is 16.1 Å². The smallest absolute Gasteiger partial charge is 0.256 e. The normalized spacial score (nSPS) is 10.8. The molecule has 8 heteroatoms. The molecular formula is C21H18N4OS3. The lowest BCUT2D eigenvalue weighted by Gasteiger charge is -2.10. The number of nitrogens with zero attached hydrogens (tertiary/aromatic N) is 3.